The van der Waals surface area contributed by atoms with E-state index in [1.165, 1.54) is 25.4 Å². The number of nitrogens with two attached hydrogens (primary N) is 1. The van der Waals surface area contributed by atoms with Crippen molar-refractivity contribution in [2.24, 2.45) is 46.4 Å². The van der Waals surface area contributed by atoms with E-state index in [-0.39, 0.29) is 49.6 Å². The lowest BCUT2D eigenvalue weighted by Gasteiger charge is -2.44. The molecule has 3 aliphatic rings. The number of Topliss-reactive ketones (excluding diaryl/α,β-unsaturated/α-hetero) is 2. The molecule has 60 heavy (non-hydrogen) atoms. The Kier molecular flexibility index (Phi) is 15.2. The van der Waals surface area contributed by atoms with Crippen LogP contribution in [0.1, 0.15) is 92.2 Å². The van der Waals surface area contributed by atoms with Crippen LogP contribution in [0.4, 0.5) is 0 Å². The van der Waals surface area contributed by atoms with Gasteiger partial charge in [-0.15, -0.1) is 10.2 Å². The number of likely N-dealkylation sites (N-methyl/N-ethyl adjacent to an activating group) is 1. The van der Waals surface area contributed by atoms with E-state index < -0.39 is 89.0 Å². The molecule has 3 aliphatic heterocycles. The van der Waals surface area contributed by atoms with Gasteiger partial charge in [0, 0.05) is 49.2 Å². The molecule has 14 atom stereocenters. The monoisotopic (exact) mass is 859 g/mol. The molecule has 0 aromatic carbocycles. The summed E-state index contributed by atoms with van der Waals surface area (Å²) in [7, 11) is 5.22. The Hall–Kier alpha value is -4.01. The maximum absolute atomic E-state index is 14.8. The van der Waals surface area contributed by atoms with Gasteiger partial charge in [-0.2, -0.15) is 0 Å². The summed E-state index contributed by atoms with van der Waals surface area (Å²) in [5, 5.41) is 24.7. The maximum atomic E-state index is 14.8. The number of rotatable bonds is 11. The van der Waals surface area contributed by atoms with Gasteiger partial charge in [0.05, 0.1) is 18.3 Å². The second-order valence-electron chi connectivity index (χ2n) is 17.0. The molecule has 0 spiro atoms. The number of nitrogens with zero attached hydrogens (tertiary/aromatic N) is 6. The number of cyclic esters (lactones) is 1. The van der Waals surface area contributed by atoms with Crippen molar-refractivity contribution in [1.29, 1.82) is 0 Å². The third-order valence-corrected chi connectivity index (χ3v) is 13.4. The molecule has 0 saturated carbocycles. The third-order valence-electron chi connectivity index (χ3n) is 12.4. The average Bonchev–Trinajstić information content (AvgIpc) is 3.83. The van der Waals surface area contributed by atoms with Crippen LogP contribution >= 0.6 is 11.3 Å². The van der Waals surface area contributed by atoms with Crippen LogP contribution in [0.2, 0.25) is 0 Å². The Labute approximate surface area is 355 Å². The van der Waals surface area contributed by atoms with Gasteiger partial charge in [-0.3, -0.25) is 19.2 Å². The van der Waals surface area contributed by atoms with Crippen LogP contribution in [0.15, 0.2) is 23.6 Å². The number of carbonyl (C=O) groups is 4. The van der Waals surface area contributed by atoms with Crippen LogP contribution in [-0.2, 0) is 47.7 Å². The fourth-order valence-corrected chi connectivity index (χ4v) is 9.78. The number of hydrogen-bond donors (Lipinski definition) is 2. The van der Waals surface area contributed by atoms with Crippen LogP contribution in [0.25, 0.3) is 10.8 Å². The lowest BCUT2D eigenvalue weighted by molar-refractivity contribution is -0.269. The maximum Gasteiger partial charge on any atom is 0.317 e. The van der Waals surface area contributed by atoms with Gasteiger partial charge in [0.1, 0.15) is 35.6 Å². The first-order chi connectivity index (χ1) is 28.3. The number of methoxy groups -OCH3 is 1. The van der Waals surface area contributed by atoms with Crippen molar-refractivity contribution in [2.75, 3.05) is 27.8 Å². The predicted octanol–water partition coefficient (Wildman–Crippen LogP) is 3.52. The molecule has 3 fully saturated rings. The normalized spacial score (nSPS) is 36.6. The van der Waals surface area contributed by atoms with Gasteiger partial charge in [0.15, 0.2) is 39.7 Å². The molecule has 5 heterocycles. The number of oxime groups is 1. The largest absolute Gasteiger partial charge is 0.458 e. The van der Waals surface area contributed by atoms with Crippen LogP contribution in [0, 0.1) is 35.5 Å². The summed E-state index contributed by atoms with van der Waals surface area (Å²) in [6.45, 7) is 13.4. The molecule has 0 bridgehead atoms. The highest BCUT2D eigenvalue weighted by Gasteiger charge is 2.62. The van der Waals surface area contributed by atoms with Crippen molar-refractivity contribution in [1.82, 2.24) is 25.1 Å². The van der Waals surface area contributed by atoms with E-state index in [1.807, 2.05) is 25.9 Å². The van der Waals surface area contributed by atoms with Crippen molar-refractivity contribution in [3.05, 3.63) is 23.5 Å². The van der Waals surface area contributed by atoms with Gasteiger partial charge >= 0.3 is 11.9 Å². The quantitative estimate of drug-likeness (QED) is 0.108. The number of ketones is 2. The van der Waals surface area contributed by atoms with Crippen molar-refractivity contribution in [3.63, 3.8) is 0 Å². The molecule has 332 valence electrons. The number of esters is 2. The molecular weight excluding hydrogens is 799 g/mol. The zero-order valence-corrected chi connectivity index (χ0v) is 37.2. The van der Waals surface area contributed by atoms with Gasteiger partial charge in [0.25, 0.3) is 0 Å². The number of ether oxygens (including phenoxy) is 5. The summed E-state index contributed by atoms with van der Waals surface area (Å²) in [5.41, 5.74) is 3.76. The van der Waals surface area contributed by atoms with Gasteiger partial charge in [0.2, 0.25) is 0 Å². The highest BCUT2D eigenvalue weighted by Crippen LogP contribution is 2.48. The summed E-state index contributed by atoms with van der Waals surface area (Å²) >= 11 is 1.20. The van der Waals surface area contributed by atoms with E-state index >= 15 is 0 Å². The highest BCUT2D eigenvalue weighted by molar-refractivity contribution is 7.14. The summed E-state index contributed by atoms with van der Waals surface area (Å²) < 4.78 is 30.7. The molecule has 1 unspecified atom stereocenters. The van der Waals surface area contributed by atoms with Crippen molar-refractivity contribution < 1.29 is 52.8 Å². The van der Waals surface area contributed by atoms with E-state index in [0.29, 0.717) is 22.3 Å². The molecule has 19 heteroatoms. The Balaban J connectivity index is 1.48. The predicted molar refractivity (Wildman–Crippen MR) is 218 cm³/mol. The Morgan fingerprint density at radius 3 is 2.32 bits per heavy atom. The lowest BCUT2D eigenvalue weighted by atomic mass is 9.67. The van der Waals surface area contributed by atoms with Crippen LogP contribution < -0.4 is 5.73 Å². The minimum Gasteiger partial charge on any atom is -0.458 e. The van der Waals surface area contributed by atoms with Crippen molar-refractivity contribution >= 4 is 40.7 Å². The second kappa shape index (κ2) is 19.4. The fourth-order valence-electron chi connectivity index (χ4n) is 9.01. The van der Waals surface area contributed by atoms with Gasteiger partial charge < -0.3 is 44.3 Å². The lowest BCUT2D eigenvalue weighted by Crippen LogP contribution is -2.56. The number of fused-ring (bicyclic) bond motifs is 1. The van der Waals surface area contributed by atoms with Crippen molar-refractivity contribution in [3.8, 4) is 10.8 Å². The molecule has 3 saturated heterocycles. The Morgan fingerprint density at radius 2 is 1.70 bits per heavy atom. The number of amidine groups is 1. The Morgan fingerprint density at radius 1 is 1.05 bits per heavy atom. The summed E-state index contributed by atoms with van der Waals surface area (Å²) in [6, 6.07) is 1.45. The standard InChI is InChI=1S/C41H61N7O11S/c1-12-27-40(8)29(28(38(53)58-40)33(42)47-59-25(7)35-45-46-36(60-35)34-43-14-13-15-44-34)23(5)30(49)20(2)17-41(54-11,18-21(3)31(50)24(6)37(52)57-27)19-55-39-32(51)26(48(9)10)16-22(4)56-39/h13-15,20-29,32,39,51H,12,16-19H2,1-11H3,(H2,42,47)/t20-,21-,22-,23-,24-,25+,26+,27+,28-,29+,32-,39?,40-,41-/m1/s1. The number of aromatic nitrogens is 4. The summed E-state index contributed by atoms with van der Waals surface area (Å²) in [6.07, 6.45) is 0.0897. The van der Waals surface area contributed by atoms with Gasteiger partial charge in [-0.1, -0.05) is 44.2 Å². The van der Waals surface area contributed by atoms with Crippen LogP contribution in [0.5, 0.6) is 0 Å². The summed E-state index contributed by atoms with van der Waals surface area (Å²) in [4.78, 5) is 72.6. The smallest absolute Gasteiger partial charge is 0.317 e. The Bertz CT molecular complexity index is 1870. The molecule has 0 amide bonds. The van der Waals surface area contributed by atoms with Crippen LogP contribution in [-0.4, -0.2) is 129 Å². The molecule has 0 radical (unpaired) electrons. The second-order valence-corrected chi connectivity index (χ2v) is 18.0. The van der Waals surface area contributed by atoms with E-state index in [0.717, 1.165) is 0 Å². The minimum absolute atomic E-state index is 0.0770. The first-order valence-corrected chi connectivity index (χ1v) is 21.4. The minimum atomic E-state index is -1.58. The molecule has 0 aliphatic carbocycles. The van der Waals surface area contributed by atoms with Gasteiger partial charge in [-0.25, -0.2) is 9.97 Å². The first kappa shape index (κ1) is 47.0. The summed E-state index contributed by atoms with van der Waals surface area (Å²) in [5.74, 6) is -7.97. The number of aliphatic hydroxyl groups excluding tert-OH is 1. The molecule has 3 N–H and O–H groups in total. The van der Waals surface area contributed by atoms with E-state index in [4.69, 9.17) is 34.3 Å². The van der Waals surface area contributed by atoms with Gasteiger partial charge in [-0.05, 0) is 73.5 Å². The fraction of sp³-hybridized carbons (Fsp3) is 0.732. The first-order valence-electron chi connectivity index (χ1n) is 20.5. The zero-order chi connectivity index (χ0) is 44.3. The molecule has 5 rings (SSSR count). The molecule has 2 aromatic rings. The molecular formula is C41H61N7O11S. The topological polar surface area (TPSA) is 237 Å². The van der Waals surface area contributed by atoms with E-state index in [1.54, 1.807) is 60.0 Å². The SMILES string of the molecule is CC[C@@H]1OC(=O)[C@H](C)C(=O)[C@H](C)C[C@](COC2O[C@H](C)C[C@H](N(C)C)[C@H]2O)(OC)C[C@@H](C)C(=O)[C@H](C)[C@H]2[C@H](/C(N)=N/O[C@@H](C)c3nnc(-c4ncccn4)s3)C(=O)O[C@@]21C. The van der Waals surface area contributed by atoms with Crippen LogP contribution in [0.3, 0.4) is 0 Å². The third kappa shape index (κ3) is 9.86. The molecule has 18 nitrogen and oxygen atoms in total. The number of hydrogen-bond acceptors (Lipinski definition) is 18. The van der Waals surface area contributed by atoms with E-state index in [2.05, 4.69) is 25.3 Å². The highest BCUT2D eigenvalue weighted by atomic mass is 32.1. The zero-order valence-electron chi connectivity index (χ0n) is 36.4. The van der Waals surface area contributed by atoms with Crippen molar-refractivity contribution in [2.45, 2.75) is 129 Å². The average molecular weight is 860 g/mol. The van der Waals surface area contributed by atoms with E-state index in [9.17, 15) is 24.3 Å². The molecule has 2 aromatic heterocycles. The number of carbonyl (C=O) groups excluding carboxylic acids is 4. The number of aliphatic hydroxyl groups is 1.